The van der Waals surface area contributed by atoms with Crippen LogP contribution >= 0.6 is 0 Å². The van der Waals surface area contributed by atoms with E-state index in [0.717, 1.165) is 48.8 Å². The van der Waals surface area contributed by atoms with Crippen LogP contribution in [0.4, 0.5) is 10.5 Å². The Bertz CT molecular complexity index is 1080. The third-order valence-electron chi connectivity index (χ3n) is 5.49. The Morgan fingerprint density at radius 1 is 1.29 bits per heavy atom. The number of fused-ring (bicyclic) bond motifs is 1. The first kappa shape index (κ1) is 20.7. The second-order valence-corrected chi connectivity index (χ2v) is 7.65. The number of pyridine rings is 2. The number of piperidine rings is 1. The van der Waals surface area contributed by atoms with Crippen molar-refractivity contribution in [3.8, 4) is 5.88 Å². The molecule has 3 N–H and O–H groups in total. The van der Waals surface area contributed by atoms with E-state index in [1.54, 1.807) is 19.5 Å². The number of urea groups is 1. The molecule has 3 heterocycles. The molecule has 8 heteroatoms. The van der Waals surface area contributed by atoms with Crippen molar-refractivity contribution in [2.24, 2.45) is 16.6 Å². The molecule has 3 aromatic rings. The number of likely N-dealkylation sites (tertiary alicyclic amines) is 1. The van der Waals surface area contributed by atoms with Crippen LogP contribution in [0, 0.1) is 5.92 Å². The van der Waals surface area contributed by atoms with Gasteiger partial charge in [-0.2, -0.15) is 4.99 Å². The predicted octanol–water partition coefficient (Wildman–Crippen LogP) is 3.44. The Hall–Kier alpha value is -3.52. The number of nitrogens with two attached hydrogens (primary N) is 1. The van der Waals surface area contributed by atoms with Gasteiger partial charge in [-0.1, -0.05) is 18.2 Å². The molecule has 31 heavy (non-hydrogen) atoms. The highest BCUT2D eigenvalue weighted by Gasteiger charge is 2.23. The predicted molar refractivity (Wildman–Crippen MR) is 121 cm³/mol. The van der Waals surface area contributed by atoms with E-state index in [-0.39, 0.29) is 5.92 Å². The van der Waals surface area contributed by atoms with Crippen LogP contribution in [0.3, 0.4) is 0 Å². The quantitative estimate of drug-likeness (QED) is 0.486. The second kappa shape index (κ2) is 9.53. The van der Waals surface area contributed by atoms with Gasteiger partial charge < -0.3 is 15.8 Å². The lowest BCUT2D eigenvalue weighted by atomic mass is 9.96. The molecular formula is C23H26N6O2. The lowest BCUT2D eigenvalue weighted by Gasteiger charge is -2.32. The van der Waals surface area contributed by atoms with Crippen molar-refractivity contribution in [2.45, 2.75) is 19.4 Å². The number of hydrogen-bond acceptors (Lipinski definition) is 5. The van der Waals surface area contributed by atoms with Crippen molar-refractivity contribution < 1.29 is 9.53 Å². The number of amides is 2. The minimum atomic E-state index is -0.460. The summed E-state index contributed by atoms with van der Waals surface area (Å²) in [7, 11) is 1.60. The molecule has 1 saturated heterocycles. The van der Waals surface area contributed by atoms with Crippen molar-refractivity contribution in [3.05, 3.63) is 60.6 Å². The van der Waals surface area contributed by atoms with Gasteiger partial charge in [0.25, 0.3) is 0 Å². The summed E-state index contributed by atoms with van der Waals surface area (Å²) in [4.78, 5) is 27.3. The van der Waals surface area contributed by atoms with Crippen LogP contribution in [0.5, 0.6) is 5.88 Å². The fraction of sp³-hybridized carbons (Fsp3) is 0.304. The molecule has 4 rings (SSSR count). The Kier molecular flexibility index (Phi) is 6.37. The first-order valence-electron chi connectivity index (χ1n) is 10.3. The van der Waals surface area contributed by atoms with Gasteiger partial charge in [0.15, 0.2) is 0 Å². The molecule has 0 bridgehead atoms. The lowest BCUT2D eigenvalue weighted by Crippen LogP contribution is -2.41. The molecule has 0 saturated carbocycles. The van der Waals surface area contributed by atoms with Crippen molar-refractivity contribution in [1.82, 2.24) is 14.9 Å². The number of aliphatic imine (C=N–C) groups is 1. The van der Waals surface area contributed by atoms with E-state index >= 15 is 0 Å². The zero-order valence-electron chi connectivity index (χ0n) is 17.5. The number of ether oxygens (including phenoxy) is 1. The van der Waals surface area contributed by atoms with E-state index in [9.17, 15) is 4.79 Å². The molecule has 2 aromatic heterocycles. The summed E-state index contributed by atoms with van der Waals surface area (Å²) >= 11 is 0. The lowest BCUT2D eigenvalue weighted by molar-refractivity contribution is 0.195. The normalized spacial score (nSPS) is 17.5. The van der Waals surface area contributed by atoms with Gasteiger partial charge in [0, 0.05) is 54.4 Å². The molecule has 1 unspecified atom stereocenters. The molecule has 0 radical (unpaired) electrons. The number of carbonyl (C=O) groups is 1. The van der Waals surface area contributed by atoms with E-state index in [1.807, 2.05) is 42.6 Å². The molecule has 0 aliphatic carbocycles. The van der Waals surface area contributed by atoms with Crippen molar-refractivity contribution >= 4 is 28.3 Å². The number of nitrogens with zero attached hydrogens (tertiary/aromatic N) is 4. The van der Waals surface area contributed by atoms with Crippen molar-refractivity contribution in [3.63, 3.8) is 0 Å². The first-order valence-corrected chi connectivity index (χ1v) is 10.3. The maximum atomic E-state index is 12.5. The van der Waals surface area contributed by atoms with Crippen molar-refractivity contribution in [2.75, 3.05) is 25.5 Å². The number of benzene rings is 1. The first-order chi connectivity index (χ1) is 15.1. The summed E-state index contributed by atoms with van der Waals surface area (Å²) in [6.07, 6.45) is 7.21. The molecule has 2 amide bonds. The topological polar surface area (TPSA) is 106 Å². The minimum absolute atomic E-state index is 0.0439. The Labute approximate surface area is 181 Å². The summed E-state index contributed by atoms with van der Waals surface area (Å²) in [6.45, 7) is 2.51. The fourth-order valence-electron chi connectivity index (χ4n) is 3.91. The Morgan fingerprint density at radius 3 is 3.00 bits per heavy atom. The number of rotatable bonds is 5. The standard InChI is InChI=1S/C23H26N6O2/c1-31-21-8-7-16(12-26-21)14-29-11-3-5-18(15-29)22(24)28-23(30)27-20-6-2-4-17-13-25-10-9-19(17)20/h2,4,6-10,12-13,18H,3,5,11,14-15H2,1H3,(H3,24,27,28,30). The van der Waals surface area contributed by atoms with Crippen LogP contribution in [0.15, 0.2) is 60.0 Å². The largest absolute Gasteiger partial charge is 0.481 e. The summed E-state index contributed by atoms with van der Waals surface area (Å²) in [5, 5.41) is 4.71. The molecule has 1 fully saturated rings. The Morgan fingerprint density at radius 2 is 2.19 bits per heavy atom. The van der Waals surface area contributed by atoms with E-state index in [0.29, 0.717) is 17.4 Å². The fourth-order valence-corrected chi connectivity index (χ4v) is 3.91. The molecule has 1 aliphatic heterocycles. The smallest absolute Gasteiger partial charge is 0.347 e. The molecule has 1 atom stereocenters. The Balaban J connectivity index is 1.39. The highest BCUT2D eigenvalue weighted by molar-refractivity contribution is 6.05. The monoisotopic (exact) mass is 418 g/mol. The molecule has 0 spiro atoms. The van der Waals surface area contributed by atoms with Gasteiger partial charge in [-0.3, -0.25) is 9.88 Å². The number of methoxy groups -OCH3 is 1. The van der Waals surface area contributed by atoms with Crippen LogP contribution in [-0.4, -0.2) is 46.9 Å². The average molecular weight is 419 g/mol. The van der Waals surface area contributed by atoms with E-state index in [2.05, 4.69) is 25.2 Å². The van der Waals surface area contributed by atoms with E-state index < -0.39 is 6.03 Å². The number of nitrogens with one attached hydrogen (secondary N) is 1. The highest BCUT2D eigenvalue weighted by atomic mass is 16.5. The molecule has 8 nitrogen and oxygen atoms in total. The maximum absolute atomic E-state index is 12.5. The number of anilines is 1. The summed E-state index contributed by atoms with van der Waals surface area (Å²) in [5.41, 5.74) is 8.04. The maximum Gasteiger partial charge on any atom is 0.347 e. The SMILES string of the molecule is COc1ccc(CN2CCCC(/C(N)=N/C(=O)Nc3cccc4cnccc34)C2)cn1. The summed E-state index contributed by atoms with van der Waals surface area (Å²) in [5.74, 6) is 1.02. The van der Waals surface area contributed by atoms with Gasteiger partial charge >= 0.3 is 6.03 Å². The van der Waals surface area contributed by atoms with Crippen LogP contribution in [0.2, 0.25) is 0 Å². The van der Waals surface area contributed by atoms with Gasteiger partial charge in [0.2, 0.25) is 5.88 Å². The van der Waals surface area contributed by atoms with Gasteiger partial charge in [-0.05, 0) is 37.1 Å². The number of aromatic nitrogens is 2. The van der Waals surface area contributed by atoms with Crippen LogP contribution in [0.25, 0.3) is 10.8 Å². The number of amidine groups is 1. The van der Waals surface area contributed by atoms with Gasteiger partial charge in [0.1, 0.15) is 5.84 Å². The minimum Gasteiger partial charge on any atom is -0.481 e. The van der Waals surface area contributed by atoms with Gasteiger partial charge in [-0.15, -0.1) is 0 Å². The average Bonchev–Trinajstić information content (AvgIpc) is 2.80. The number of hydrogen-bond donors (Lipinski definition) is 2. The summed E-state index contributed by atoms with van der Waals surface area (Å²) in [6, 6.07) is 10.9. The third kappa shape index (κ3) is 5.16. The third-order valence-corrected chi connectivity index (χ3v) is 5.49. The number of carbonyl (C=O) groups excluding carboxylic acids is 1. The van der Waals surface area contributed by atoms with Crippen LogP contribution in [-0.2, 0) is 6.54 Å². The molecular weight excluding hydrogens is 392 g/mol. The van der Waals surface area contributed by atoms with Crippen LogP contribution < -0.4 is 15.8 Å². The van der Waals surface area contributed by atoms with Gasteiger partial charge in [-0.25, -0.2) is 9.78 Å². The highest BCUT2D eigenvalue weighted by Crippen LogP contribution is 2.23. The molecule has 1 aromatic carbocycles. The van der Waals surface area contributed by atoms with Gasteiger partial charge in [0.05, 0.1) is 12.8 Å². The second-order valence-electron chi connectivity index (χ2n) is 7.65. The molecule has 1 aliphatic rings. The van der Waals surface area contributed by atoms with E-state index in [1.165, 1.54) is 0 Å². The van der Waals surface area contributed by atoms with Crippen LogP contribution in [0.1, 0.15) is 18.4 Å². The summed E-state index contributed by atoms with van der Waals surface area (Å²) < 4.78 is 5.11. The van der Waals surface area contributed by atoms with E-state index in [4.69, 9.17) is 10.5 Å². The van der Waals surface area contributed by atoms with Crippen molar-refractivity contribution in [1.29, 1.82) is 0 Å². The molecule has 160 valence electrons. The zero-order chi connectivity index (χ0) is 21.6. The zero-order valence-corrected chi connectivity index (χ0v) is 17.5.